The maximum atomic E-state index is 12.2. The summed E-state index contributed by atoms with van der Waals surface area (Å²) in [6.45, 7) is 10.6. The Kier molecular flexibility index (Phi) is 8.08. The minimum atomic E-state index is -2.07. The third kappa shape index (κ3) is 7.97. The van der Waals surface area contributed by atoms with Gasteiger partial charge in [0.25, 0.3) is 5.91 Å². The molecule has 0 saturated heterocycles. The molecule has 0 unspecified atom stereocenters. The Hall–Kier alpha value is -1.63. The van der Waals surface area contributed by atoms with E-state index in [1.54, 1.807) is 41.5 Å². The molecule has 0 saturated carbocycles. The Morgan fingerprint density at radius 1 is 0.773 bits per heavy atom. The van der Waals surface area contributed by atoms with Crippen LogP contribution in [0.3, 0.4) is 0 Å². The number of amides is 3. The number of carbonyl (C=O) groups is 3. The lowest BCUT2D eigenvalue weighted by Gasteiger charge is -2.27. The number of hydrogen-bond acceptors (Lipinski definition) is 4. The van der Waals surface area contributed by atoms with Gasteiger partial charge >= 0.3 is 0 Å². The lowest BCUT2D eigenvalue weighted by Crippen LogP contribution is -2.54. The fourth-order valence-electron chi connectivity index (χ4n) is 1.90. The van der Waals surface area contributed by atoms with Crippen LogP contribution in [0.1, 0.15) is 54.4 Å². The van der Waals surface area contributed by atoms with Crippen LogP contribution in [0.25, 0.3) is 0 Å². The van der Waals surface area contributed by atoms with Crippen LogP contribution in [0.2, 0.25) is 0 Å². The average Bonchev–Trinajstić information content (AvgIpc) is 2.24. The van der Waals surface area contributed by atoms with Gasteiger partial charge in [0.05, 0.1) is 12.8 Å². The van der Waals surface area contributed by atoms with Gasteiger partial charge in [-0.1, -0.05) is 0 Å². The van der Waals surface area contributed by atoms with Gasteiger partial charge in [-0.15, -0.1) is 0 Å². The van der Waals surface area contributed by atoms with E-state index in [1.165, 1.54) is 0 Å². The number of rotatable bonds is 8. The summed E-state index contributed by atoms with van der Waals surface area (Å²) < 4.78 is 0. The lowest BCUT2D eigenvalue weighted by atomic mass is 9.92. The minimum Gasteiger partial charge on any atom is -0.379 e. The first kappa shape index (κ1) is 20.4. The summed E-state index contributed by atoms with van der Waals surface area (Å²) >= 11 is 0. The quantitative estimate of drug-likeness (QED) is 0.508. The highest BCUT2D eigenvalue weighted by molar-refractivity contribution is 5.95. The molecule has 7 heteroatoms. The highest BCUT2D eigenvalue weighted by atomic mass is 16.3. The molecular weight excluding hydrogens is 286 g/mol. The third-order valence-corrected chi connectivity index (χ3v) is 2.65. The van der Waals surface area contributed by atoms with Crippen molar-refractivity contribution in [2.45, 2.75) is 78.1 Å². The molecule has 0 rings (SSSR count). The van der Waals surface area contributed by atoms with Crippen molar-refractivity contribution in [2.75, 3.05) is 0 Å². The number of aliphatic hydroxyl groups is 1. The van der Waals surface area contributed by atoms with Crippen LogP contribution in [0.4, 0.5) is 0 Å². The smallest absolute Gasteiger partial charge is 0.253 e. The highest BCUT2D eigenvalue weighted by Gasteiger charge is 2.40. The van der Waals surface area contributed by atoms with Crippen molar-refractivity contribution in [1.29, 1.82) is 0 Å². The minimum absolute atomic E-state index is 0.116. The van der Waals surface area contributed by atoms with E-state index in [2.05, 4.69) is 16.0 Å². The maximum Gasteiger partial charge on any atom is 0.253 e. The van der Waals surface area contributed by atoms with Gasteiger partial charge in [-0.2, -0.15) is 0 Å². The molecule has 0 heterocycles. The summed E-state index contributed by atoms with van der Waals surface area (Å²) in [6, 6.07) is -0.441. The van der Waals surface area contributed by atoms with E-state index in [1.807, 2.05) is 0 Å². The van der Waals surface area contributed by atoms with Crippen LogP contribution in [0.5, 0.6) is 0 Å². The predicted octanol–water partition coefficient (Wildman–Crippen LogP) is 0.0715. The highest BCUT2D eigenvalue weighted by Crippen LogP contribution is 2.17. The first-order valence-corrected chi connectivity index (χ1v) is 7.58. The second-order valence-corrected chi connectivity index (χ2v) is 6.46. The van der Waals surface area contributed by atoms with Crippen molar-refractivity contribution in [2.24, 2.45) is 0 Å². The van der Waals surface area contributed by atoms with Crippen LogP contribution in [0, 0.1) is 0 Å². The summed E-state index contributed by atoms with van der Waals surface area (Å²) in [5.74, 6) is -1.68. The molecule has 0 atom stereocenters. The van der Waals surface area contributed by atoms with Crippen molar-refractivity contribution < 1.29 is 19.5 Å². The molecule has 0 bridgehead atoms. The summed E-state index contributed by atoms with van der Waals surface area (Å²) in [4.78, 5) is 36.0. The summed E-state index contributed by atoms with van der Waals surface area (Å²) in [6.07, 6.45) is -0.926. The summed E-state index contributed by atoms with van der Waals surface area (Å²) in [5, 5.41) is 18.3. The molecule has 4 N–H and O–H groups in total. The van der Waals surface area contributed by atoms with Gasteiger partial charge < -0.3 is 21.1 Å². The zero-order chi connectivity index (χ0) is 17.5. The van der Waals surface area contributed by atoms with Crippen molar-refractivity contribution in [3.05, 3.63) is 0 Å². The average molecular weight is 315 g/mol. The second kappa shape index (κ2) is 8.73. The molecule has 0 aliphatic heterocycles. The maximum absolute atomic E-state index is 12.2. The van der Waals surface area contributed by atoms with Crippen LogP contribution < -0.4 is 16.0 Å². The standard InChI is InChI=1S/C15H29N3O4/c1-9(2)16-12(19)7-15(22,14(21)18-11(5)6)8-13(20)17-10(3)4/h9-11,22H,7-8H2,1-6H3,(H,16,19)(H,17,20)(H,18,21). The van der Waals surface area contributed by atoms with Gasteiger partial charge in [-0.25, -0.2) is 0 Å². The SMILES string of the molecule is CC(C)NC(=O)CC(O)(CC(=O)NC(C)C)C(=O)NC(C)C. The van der Waals surface area contributed by atoms with Gasteiger partial charge in [0.1, 0.15) is 0 Å². The predicted molar refractivity (Wildman–Crippen MR) is 84.0 cm³/mol. The normalized spacial score (nSPS) is 11.7. The number of carbonyl (C=O) groups excluding carboxylic acids is 3. The van der Waals surface area contributed by atoms with E-state index >= 15 is 0 Å². The second-order valence-electron chi connectivity index (χ2n) is 6.46. The molecule has 3 amide bonds. The van der Waals surface area contributed by atoms with Crippen molar-refractivity contribution in [3.8, 4) is 0 Å². The fraction of sp³-hybridized carbons (Fsp3) is 0.800. The third-order valence-electron chi connectivity index (χ3n) is 2.65. The van der Waals surface area contributed by atoms with E-state index in [0.717, 1.165) is 0 Å². The van der Waals surface area contributed by atoms with Gasteiger partial charge in [0.15, 0.2) is 5.60 Å². The van der Waals surface area contributed by atoms with Crippen LogP contribution in [0.15, 0.2) is 0 Å². The van der Waals surface area contributed by atoms with Crippen LogP contribution >= 0.6 is 0 Å². The largest absolute Gasteiger partial charge is 0.379 e. The molecule has 7 nitrogen and oxygen atoms in total. The Labute approximate surface area is 132 Å². The van der Waals surface area contributed by atoms with Crippen molar-refractivity contribution in [3.63, 3.8) is 0 Å². The summed E-state index contributed by atoms with van der Waals surface area (Å²) in [7, 11) is 0. The van der Waals surface area contributed by atoms with Gasteiger partial charge in [0, 0.05) is 18.1 Å². The molecule has 0 fully saturated rings. The topological polar surface area (TPSA) is 108 Å². The molecule has 0 aromatic heterocycles. The van der Waals surface area contributed by atoms with Crippen LogP contribution in [-0.4, -0.2) is 46.6 Å². The van der Waals surface area contributed by atoms with E-state index < -0.39 is 36.2 Å². The van der Waals surface area contributed by atoms with Gasteiger partial charge in [0.2, 0.25) is 11.8 Å². The molecule has 128 valence electrons. The van der Waals surface area contributed by atoms with E-state index in [-0.39, 0.29) is 18.1 Å². The Morgan fingerprint density at radius 3 is 1.36 bits per heavy atom. The molecule has 22 heavy (non-hydrogen) atoms. The van der Waals surface area contributed by atoms with Crippen molar-refractivity contribution >= 4 is 17.7 Å². The first-order chi connectivity index (χ1) is 9.96. The Balaban J connectivity index is 5.07. The Bertz CT molecular complexity index is 382. The fourth-order valence-corrected chi connectivity index (χ4v) is 1.90. The van der Waals surface area contributed by atoms with Gasteiger partial charge in [-0.3, -0.25) is 14.4 Å². The molecule has 0 spiro atoms. The molecular formula is C15H29N3O4. The zero-order valence-corrected chi connectivity index (χ0v) is 14.3. The molecule has 0 aromatic rings. The van der Waals surface area contributed by atoms with Crippen LogP contribution in [-0.2, 0) is 14.4 Å². The lowest BCUT2D eigenvalue weighted by molar-refractivity contribution is -0.150. The first-order valence-electron chi connectivity index (χ1n) is 7.58. The van der Waals surface area contributed by atoms with Gasteiger partial charge in [-0.05, 0) is 41.5 Å². The number of nitrogens with one attached hydrogen (secondary N) is 3. The Morgan fingerprint density at radius 2 is 1.09 bits per heavy atom. The zero-order valence-electron chi connectivity index (χ0n) is 14.3. The molecule has 0 aromatic carbocycles. The molecule has 0 radical (unpaired) electrons. The number of hydrogen-bond donors (Lipinski definition) is 4. The summed E-state index contributed by atoms with van der Waals surface area (Å²) in [5.41, 5.74) is -2.07. The van der Waals surface area contributed by atoms with E-state index in [9.17, 15) is 19.5 Å². The molecule has 0 aliphatic carbocycles. The van der Waals surface area contributed by atoms with E-state index in [0.29, 0.717) is 0 Å². The monoisotopic (exact) mass is 315 g/mol. The van der Waals surface area contributed by atoms with E-state index in [4.69, 9.17) is 0 Å². The molecule has 0 aliphatic rings. The van der Waals surface area contributed by atoms with Crippen molar-refractivity contribution in [1.82, 2.24) is 16.0 Å².